The van der Waals surface area contributed by atoms with Crippen molar-refractivity contribution in [2.45, 2.75) is 13.8 Å². The van der Waals surface area contributed by atoms with Crippen molar-refractivity contribution in [2.24, 2.45) is 0 Å². The molecular formula is C11H14FO2. The zero-order valence-electron chi connectivity index (χ0n) is 8.38. The van der Waals surface area contributed by atoms with Gasteiger partial charge in [0, 0.05) is 11.5 Å². The summed E-state index contributed by atoms with van der Waals surface area (Å²) in [5, 5.41) is 8.96. The van der Waals surface area contributed by atoms with E-state index < -0.39 is 5.82 Å². The molecule has 0 aliphatic rings. The van der Waals surface area contributed by atoms with Gasteiger partial charge in [-0.1, -0.05) is 19.1 Å². The van der Waals surface area contributed by atoms with E-state index in [0.717, 1.165) is 0 Å². The number of halogens is 1. The quantitative estimate of drug-likeness (QED) is 0.801. The SMILES string of the molecule is CCOc1c(F)cccc1[C](C)CO. The molecule has 1 rings (SSSR count). The maximum Gasteiger partial charge on any atom is 0.165 e. The van der Waals surface area contributed by atoms with Crippen LogP contribution >= 0.6 is 0 Å². The van der Waals surface area contributed by atoms with E-state index in [1.54, 1.807) is 26.0 Å². The maximum atomic E-state index is 13.3. The Hall–Kier alpha value is -1.09. The highest BCUT2D eigenvalue weighted by molar-refractivity contribution is 5.43. The number of rotatable bonds is 4. The summed E-state index contributed by atoms with van der Waals surface area (Å²) in [6.45, 7) is 3.86. The van der Waals surface area contributed by atoms with Crippen LogP contribution in [0.4, 0.5) is 4.39 Å². The second kappa shape index (κ2) is 4.96. The van der Waals surface area contributed by atoms with Crippen molar-refractivity contribution in [3.05, 3.63) is 35.5 Å². The third kappa shape index (κ3) is 2.23. The van der Waals surface area contributed by atoms with Crippen LogP contribution in [-0.4, -0.2) is 18.3 Å². The first-order valence-corrected chi connectivity index (χ1v) is 4.55. The van der Waals surface area contributed by atoms with Crippen LogP contribution < -0.4 is 4.74 Å². The maximum absolute atomic E-state index is 13.3. The van der Waals surface area contributed by atoms with Crippen molar-refractivity contribution in [3.63, 3.8) is 0 Å². The summed E-state index contributed by atoms with van der Waals surface area (Å²) in [7, 11) is 0. The van der Waals surface area contributed by atoms with Gasteiger partial charge in [-0.15, -0.1) is 0 Å². The van der Waals surface area contributed by atoms with Crippen LogP contribution in [0, 0.1) is 11.7 Å². The third-order valence-electron chi connectivity index (χ3n) is 1.95. The lowest BCUT2D eigenvalue weighted by Gasteiger charge is -2.14. The minimum Gasteiger partial charge on any atom is -0.490 e. The normalized spacial score (nSPS) is 10.6. The van der Waals surface area contributed by atoms with E-state index in [4.69, 9.17) is 9.84 Å². The van der Waals surface area contributed by atoms with Crippen LogP contribution in [0.5, 0.6) is 5.75 Å². The second-order valence-electron chi connectivity index (χ2n) is 2.99. The van der Waals surface area contributed by atoms with Gasteiger partial charge in [-0.25, -0.2) is 4.39 Å². The number of benzene rings is 1. The Morgan fingerprint density at radius 3 is 2.79 bits per heavy atom. The average Bonchev–Trinajstić information content (AvgIpc) is 2.20. The van der Waals surface area contributed by atoms with Crippen LogP contribution in [0.1, 0.15) is 19.4 Å². The minimum absolute atomic E-state index is 0.0937. The van der Waals surface area contributed by atoms with Crippen LogP contribution in [0.25, 0.3) is 0 Å². The molecule has 0 aliphatic heterocycles. The van der Waals surface area contributed by atoms with Crippen LogP contribution in [0.2, 0.25) is 0 Å². The fraction of sp³-hybridized carbons (Fsp3) is 0.364. The number of hydrogen-bond donors (Lipinski definition) is 1. The molecule has 0 saturated carbocycles. The molecule has 0 heterocycles. The number of aliphatic hydroxyl groups excluding tert-OH is 1. The van der Waals surface area contributed by atoms with Crippen molar-refractivity contribution >= 4 is 0 Å². The predicted molar refractivity (Wildman–Crippen MR) is 52.7 cm³/mol. The molecule has 0 aliphatic carbocycles. The Balaban J connectivity index is 3.07. The van der Waals surface area contributed by atoms with E-state index in [0.29, 0.717) is 18.1 Å². The molecule has 0 saturated heterocycles. The Kier molecular flexibility index (Phi) is 3.89. The Labute approximate surface area is 83.3 Å². The molecule has 0 spiro atoms. The van der Waals surface area contributed by atoms with E-state index in [9.17, 15) is 4.39 Å². The molecule has 1 N–H and O–H groups in total. The molecule has 3 heteroatoms. The summed E-state index contributed by atoms with van der Waals surface area (Å²) in [6, 6.07) is 4.69. The Bertz CT molecular complexity index is 299. The molecule has 1 aromatic rings. The molecule has 0 unspecified atom stereocenters. The van der Waals surface area contributed by atoms with Crippen LogP contribution in [0.15, 0.2) is 18.2 Å². The number of ether oxygens (including phenoxy) is 1. The van der Waals surface area contributed by atoms with Crippen LogP contribution in [-0.2, 0) is 0 Å². The van der Waals surface area contributed by atoms with Gasteiger partial charge >= 0.3 is 0 Å². The lowest BCUT2D eigenvalue weighted by atomic mass is 10.0. The summed E-state index contributed by atoms with van der Waals surface area (Å²) >= 11 is 0. The molecule has 0 aromatic heterocycles. The monoisotopic (exact) mass is 197 g/mol. The largest absolute Gasteiger partial charge is 0.490 e. The highest BCUT2D eigenvalue weighted by atomic mass is 19.1. The smallest absolute Gasteiger partial charge is 0.165 e. The van der Waals surface area contributed by atoms with Crippen molar-refractivity contribution in [1.82, 2.24) is 0 Å². The minimum atomic E-state index is -0.392. The van der Waals surface area contributed by atoms with Gasteiger partial charge < -0.3 is 9.84 Å². The average molecular weight is 197 g/mol. The molecule has 0 amide bonds. The van der Waals surface area contributed by atoms with Crippen molar-refractivity contribution in [2.75, 3.05) is 13.2 Å². The zero-order chi connectivity index (χ0) is 10.6. The summed E-state index contributed by atoms with van der Waals surface area (Å²) in [5.74, 6) is 0.534. The predicted octanol–water partition coefficient (Wildman–Crippen LogP) is 2.16. The first-order chi connectivity index (χ1) is 6.70. The molecule has 1 aromatic carbocycles. The fourth-order valence-electron chi connectivity index (χ4n) is 1.22. The van der Waals surface area contributed by atoms with Crippen molar-refractivity contribution in [3.8, 4) is 5.75 Å². The lowest BCUT2D eigenvalue weighted by molar-refractivity contribution is 0.301. The molecule has 0 atom stereocenters. The Morgan fingerprint density at radius 1 is 1.50 bits per heavy atom. The van der Waals surface area contributed by atoms with Gasteiger partial charge in [0.2, 0.25) is 0 Å². The van der Waals surface area contributed by atoms with Gasteiger partial charge in [0.1, 0.15) is 0 Å². The van der Waals surface area contributed by atoms with E-state index in [1.807, 2.05) is 0 Å². The van der Waals surface area contributed by atoms with Crippen LogP contribution in [0.3, 0.4) is 0 Å². The first-order valence-electron chi connectivity index (χ1n) is 4.55. The number of para-hydroxylation sites is 1. The molecule has 0 fully saturated rings. The molecule has 77 valence electrons. The zero-order valence-corrected chi connectivity index (χ0v) is 8.38. The fourth-order valence-corrected chi connectivity index (χ4v) is 1.22. The van der Waals surface area contributed by atoms with Gasteiger partial charge in [-0.05, 0) is 13.0 Å². The molecule has 0 bridgehead atoms. The topological polar surface area (TPSA) is 29.5 Å². The highest BCUT2D eigenvalue weighted by Gasteiger charge is 2.14. The molecule has 2 nitrogen and oxygen atoms in total. The summed E-state index contributed by atoms with van der Waals surface area (Å²) in [5.41, 5.74) is 0.634. The van der Waals surface area contributed by atoms with Gasteiger partial charge in [0.15, 0.2) is 11.6 Å². The number of aliphatic hydroxyl groups is 1. The van der Waals surface area contributed by atoms with Gasteiger partial charge in [-0.3, -0.25) is 0 Å². The first kappa shape index (κ1) is 11.0. The summed E-state index contributed by atoms with van der Waals surface area (Å²) in [6.07, 6.45) is 0. The van der Waals surface area contributed by atoms with E-state index in [2.05, 4.69) is 0 Å². The van der Waals surface area contributed by atoms with Crippen molar-refractivity contribution in [1.29, 1.82) is 0 Å². The van der Waals surface area contributed by atoms with Gasteiger partial charge in [0.05, 0.1) is 13.2 Å². The van der Waals surface area contributed by atoms with E-state index in [-0.39, 0.29) is 12.4 Å². The van der Waals surface area contributed by atoms with E-state index in [1.165, 1.54) is 6.07 Å². The Morgan fingerprint density at radius 2 is 2.21 bits per heavy atom. The molecule has 1 radical (unpaired) electrons. The molecule has 14 heavy (non-hydrogen) atoms. The summed E-state index contributed by atoms with van der Waals surface area (Å²) < 4.78 is 18.5. The molecular weight excluding hydrogens is 183 g/mol. The standard InChI is InChI=1S/C11H14FO2/c1-3-14-11-9(8(2)7-13)5-4-6-10(11)12/h4-6,13H,3,7H2,1-2H3. The van der Waals surface area contributed by atoms with Crippen molar-refractivity contribution < 1.29 is 14.2 Å². The summed E-state index contributed by atoms with van der Waals surface area (Å²) in [4.78, 5) is 0. The lowest BCUT2D eigenvalue weighted by Crippen LogP contribution is -2.05. The van der Waals surface area contributed by atoms with Gasteiger partial charge in [0.25, 0.3) is 0 Å². The van der Waals surface area contributed by atoms with Gasteiger partial charge in [-0.2, -0.15) is 0 Å². The van der Waals surface area contributed by atoms with E-state index >= 15 is 0 Å². The second-order valence-corrected chi connectivity index (χ2v) is 2.99. The highest BCUT2D eigenvalue weighted by Crippen LogP contribution is 2.28. The number of hydrogen-bond acceptors (Lipinski definition) is 2. The third-order valence-corrected chi connectivity index (χ3v) is 1.95.